The van der Waals surface area contributed by atoms with Gasteiger partial charge in [0.25, 0.3) is 0 Å². The summed E-state index contributed by atoms with van der Waals surface area (Å²) in [6, 6.07) is 7.57. The molecule has 4 fully saturated rings. The molecule has 4 aliphatic carbocycles. The Morgan fingerprint density at radius 3 is 2.24 bits per heavy atom. The summed E-state index contributed by atoms with van der Waals surface area (Å²) >= 11 is 0. The maximum atomic E-state index is 14.5. The van der Waals surface area contributed by atoms with E-state index in [2.05, 4.69) is 6.58 Å². The fraction of sp³-hybridized carbons (Fsp3) is 0.625. The molecule has 0 amide bonds. The van der Waals surface area contributed by atoms with Crippen LogP contribution in [0.1, 0.15) is 49.7 Å². The lowest BCUT2D eigenvalue weighted by Gasteiger charge is -2.56. The molecular formula is C24H31F2NO2. The molecule has 0 aromatic heterocycles. The largest absolute Gasteiger partial charge is 0.461 e. The summed E-state index contributed by atoms with van der Waals surface area (Å²) in [5, 5.41) is 0. The Morgan fingerprint density at radius 1 is 1.17 bits per heavy atom. The number of nitrogens with zero attached hydrogens (tertiary/aromatic N) is 1. The van der Waals surface area contributed by atoms with Crippen LogP contribution in [0.15, 0.2) is 30.8 Å². The van der Waals surface area contributed by atoms with Crippen molar-refractivity contribution in [2.75, 3.05) is 20.2 Å². The van der Waals surface area contributed by atoms with Crippen LogP contribution in [0, 0.1) is 23.2 Å². The van der Waals surface area contributed by atoms with E-state index in [0.717, 1.165) is 30.4 Å². The van der Waals surface area contributed by atoms with Crippen LogP contribution in [0.3, 0.4) is 0 Å². The Labute approximate surface area is 172 Å². The lowest BCUT2D eigenvalue weighted by atomic mass is 9.50. The molecule has 0 N–H and O–H groups in total. The van der Waals surface area contributed by atoms with Gasteiger partial charge in [0.15, 0.2) is 0 Å². The molecule has 0 unspecified atom stereocenters. The Balaban J connectivity index is 1.29. The molecule has 3 nitrogen and oxygen atoms in total. The summed E-state index contributed by atoms with van der Waals surface area (Å²) in [6.07, 6.45) is 8.70. The normalized spacial score (nSPS) is 30.6. The van der Waals surface area contributed by atoms with Crippen molar-refractivity contribution in [3.8, 4) is 0 Å². The number of hydrogen-bond acceptors (Lipinski definition) is 3. The predicted octanol–water partition coefficient (Wildman–Crippen LogP) is 5.16. The Hall–Kier alpha value is -1.75. The Kier molecular flexibility index (Phi) is 5.54. The summed E-state index contributed by atoms with van der Waals surface area (Å²) in [5.74, 6) is -2.75. The van der Waals surface area contributed by atoms with Crippen LogP contribution < -0.4 is 0 Å². The summed E-state index contributed by atoms with van der Waals surface area (Å²) in [7, 11) is 1.60. The molecule has 0 heterocycles. The molecule has 158 valence electrons. The van der Waals surface area contributed by atoms with Gasteiger partial charge >= 0.3 is 11.9 Å². The minimum absolute atomic E-state index is 0.0424. The molecule has 1 aromatic carbocycles. The Bertz CT molecular complexity index is 723. The second-order valence-electron chi connectivity index (χ2n) is 9.82. The van der Waals surface area contributed by atoms with E-state index in [1.807, 2.05) is 24.3 Å². The van der Waals surface area contributed by atoms with Crippen LogP contribution >= 0.6 is 0 Å². The molecule has 4 bridgehead atoms. The first kappa shape index (κ1) is 20.5. The number of hydrogen-bond donors (Lipinski definition) is 0. The van der Waals surface area contributed by atoms with Gasteiger partial charge in [-0.05, 0) is 74.5 Å². The lowest BCUT2D eigenvalue weighted by Crippen LogP contribution is -2.49. The van der Waals surface area contributed by atoms with Gasteiger partial charge in [0.05, 0.1) is 13.2 Å². The van der Waals surface area contributed by atoms with E-state index in [-0.39, 0.29) is 12.0 Å². The zero-order valence-corrected chi connectivity index (χ0v) is 17.2. The molecule has 0 radical (unpaired) electrons. The predicted molar refractivity (Wildman–Crippen MR) is 109 cm³/mol. The molecule has 5 heteroatoms. The summed E-state index contributed by atoms with van der Waals surface area (Å²) in [6.45, 7) is 3.57. The van der Waals surface area contributed by atoms with Crippen LogP contribution in [0.5, 0.6) is 0 Å². The van der Waals surface area contributed by atoms with Crippen molar-refractivity contribution in [3.63, 3.8) is 0 Å². The van der Waals surface area contributed by atoms with Gasteiger partial charge in [-0.25, -0.2) is 4.79 Å². The number of alkyl halides is 2. The highest BCUT2D eigenvalue weighted by Gasteiger charge is 2.52. The highest BCUT2D eigenvalue weighted by Crippen LogP contribution is 2.60. The average Bonchev–Trinajstić information content (AvgIpc) is 2.65. The molecule has 1 aromatic rings. The number of benzene rings is 1. The quantitative estimate of drug-likeness (QED) is 0.562. The number of esters is 1. The third kappa shape index (κ3) is 4.55. The third-order valence-electron chi connectivity index (χ3n) is 7.11. The molecular weight excluding hydrogens is 372 g/mol. The van der Waals surface area contributed by atoms with E-state index >= 15 is 0 Å². The van der Waals surface area contributed by atoms with Crippen molar-refractivity contribution in [1.29, 1.82) is 0 Å². The van der Waals surface area contributed by atoms with Crippen molar-refractivity contribution in [2.24, 2.45) is 23.2 Å². The number of ether oxygens (including phenoxy) is 1. The van der Waals surface area contributed by atoms with Crippen molar-refractivity contribution in [1.82, 2.24) is 4.90 Å². The van der Waals surface area contributed by atoms with E-state index < -0.39 is 18.4 Å². The van der Waals surface area contributed by atoms with Crippen LogP contribution in [-0.4, -0.2) is 37.0 Å². The first-order chi connectivity index (χ1) is 13.8. The van der Waals surface area contributed by atoms with E-state index in [1.54, 1.807) is 13.1 Å². The summed E-state index contributed by atoms with van der Waals surface area (Å²) in [5.41, 5.74) is 1.85. The maximum absolute atomic E-state index is 14.5. The van der Waals surface area contributed by atoms with Crippen molar-refractivity contribution in [2.45, 2.75) is 51.0 Å². The van der Waals surface area contributed by atoms with Gasteiger partial charge in [0, 0.05) is 12.0 Å². The first-order valence-corrected chi connectivity index (χ1v) is 10.7. The zero-order chi connectivity index (χ0) is 20.6. The monoisotopic (exact) mass is 403 g/mol. The minimum Gasteiger partial charge on any atom is -0.461 e. The molecule has 5 rings (SSSR count). The number of rotatable bonds is 8. The number of carbonyl (C=O) groups excluding carboxylic acids is 1. The van der Waals surface area contributed by atoms with Gasteiger partial charge in [0.2, 0.25) is 0 Å². The van der Waals surface area contributed by atoms with Crippen molar-refractivity contribution >= 4 is 12.0 Å². The van der Waals surface area contributed by atoms with Gasteiger partial charge in [0.1, 0.15) is 0 Å². The summed E-state index contributed by atoms with van der Waals surface area (Å²) in [4.78, 5) is 13.7. The molecule has 0 saturated heterocycles. The molecule has 0 atom stereocenters. The molecule has 0 aliphatic heterocycles. The van der Waals surface area contributed by atoms with Crippen LogP contribution in [0.4, 0.5) is 8.78 Å². The smallest absolute Gasteiger partial charge is 0.378 e. The van der Waals surface area contributed by atoms with Crippen LogP contribution in [0.2, 0.25) is 0 Å². The van der Waals surface area contributed by atoms with Gasteiger partial charge in [-0.2, -0.15) is 8.78 Å². The Morgan fingerprint density at radius 2 is 1.72 bits per heavy atom. The standard InChI is InChI=1S/C24H31F2NO2/c1-3-17-4-6-18(7-5-17)14-27(2)15-24(25,26)22(28)29-16-23-11-19-8-20(12-23)10-21(9-19)13-23/h3-7,19-21H,1,8-16H2,2H3. The lowest BCUT2D eigenvalue weighted by molar-refractivity contribution is -0.183. The van der Waals surface area contributed by atoms with Crippen molar-refractivity contribution in [3.05, 3.63) is 42.0 Å². The summed E-state index contributed by atoms with van der Waals surface area (Å²) < 4.78 is 34.3. The topological polar surface area (TPSA) is 29.5 Å². The second-order valence-corrected chi connectivity index (χ2v) is 9.82. The van der Waals surface area contributed by atoms with Gasteiger partial charge in [-0.1, -0.05) is 36.9 Å². The SMILES string of the molecule is C=Cc1ccc(CN(C)CC(F)(F)C(=O)OCC23CC4CC(CC(C4)C2)C3)cc1. The molecule has 29 heavy (non-hydrogen) atoms. The number of carbonyl (C=O) groups is 1. The van der Waals surface area contributed by atoms with Crippen LogP contribution in [0.25, 0.3) is 6.08 Å². The van der Waals surface area contributed by atoms with E-state index in [4.69, 9.17) is 4.74 Å². The zero-order valence-electron chi connectivity index (χ0n) is 17.2. The van der Waals surface area contributed by atoms with E-state index in [9.17, 15) is 13.6 Å². The van der Waals surface area contributed by atoms with Gasteiger partial charge < -0.3 is 4.74 Å². The third-order valence-corrected chi connectivity index (χ3v) is 7.11. The highest BCUT2D eigenvalue weighted by molar-refractivity contribution is 5.77. The van der Waals surface area contributed by atoms with E-state index in [0.29, 0.717) is 24.3 Å². The highest BCUT2D eigenvalue weighted by atomic mass is 19.3. The molecule has 4 saturated carbocycles. The average molecular weight is 404 g/mol. The molecule has 0 spiro atoms. The van der Waals surface area contributed by atoms with Gasteiger partial charge in [-0.15, -0.1) is 0 Å². The fourth-order valence-corrected chi connectivity index (χ4v) is 6.32. The minimum atomic E-state index is -3.50. The second kappa shape index (κ2) is 7.82. The fourth-order valence-electron chi connectivity index (χ4n) is 6.32. The van der Waals surface area contributed by atoms with Crippen LogP contribution in [-0.2, 0) is 16.1 Å². The first-order valence-electron chi connectivity index (χ1n) is 10.7. The van der Waals surface area contributed by atoms with E-state index in [1.165, 1.54) is 24.2 Å². The van der Waals surface area contributed by atoms with Crippen molar-refractivity contribution < 1.29 is 18.3 Å². The molecule has 4 aliphatic rings. The maximum Gasteiger partial charge on any atom is 0.378 e. The van der Waals surface area contributed by atoms with Gasteiger partial charge in [-0.3, -0.25) is 4.90 Å². The number of halogens is 2.